The Labute approximate surface area is 162 Å². The average molecular weight is 406 g/mol. The number of carboxylic acids is 1. The number of fused-ring (bicyclic) bond motifs is 1. The summed E-state index contributed by atoms with van der Waals surface area (Å²) in [7, 11) is 0. The molecule has 1 aliphatic heterocycles. The van der Waals surface area contributed by atoms with E-state index in [1.54, 1.807) is 13.0 Å². The van der Waals surface area contributed by atoms with Crippen molar-refractivity contribution >= 4 is 5.97 Å². The third-order valence-electron chi connectivity index (χ3n) is 5.47. The van der Waals surface area contributed by atoms with Gasteiger partial charge in [-0.1, -0.05) is 37.6 Å². The van der Waals surface area contributed by atoms with Crippen molar-refractivity contribution in [3.63, 3.8) is 0 Å². The van der Waals surface area contributed by atoms with Gasteiger partial charge in [0.1, 0.15) is 18.4 Å². The van der Waals surface area contributed by atoms with Crippen molar-refractivity contribution in [3.8, 4) is 0 Å². The minimum Gasteiger partial charge on any atom is -0.481 e. The first-order chi connectivity index (χ1) is 13.2. The molecule has 1 saturated heterocycles. The van der Waals surface area contributed by atoms with E-state index in [1.807, 2.05) is 0 Å². The molecule has 8 heteroatoms. The number of carbonyl (C=O) groups is 1. The Hall–Kier alpha value is -1.38. The minimum atomic E-state index is -3.27. The molecule has 1 saturated carbocycles. The summed E-state index contributed by atoms with van der Waals surface area (Å²) in [5, 5.41) is 28.6. The Balaban J connectivity index is 1.99. The van der Waals surface area contributed by atoms with Crippen LogP contribution in [-0.2, 0) is 9.53 Å². The van der Waals surface area contributed by atoms with Crippen molar-refractivity contribution in [2.24, 2.45) is 11.8 Å². The van der Waals surface area contributed by atoms with Gasteiger partial charge in [0.15, 0.2) is 0 Å². The van der Waals surface area contributed by atoms with Gasteiger partial charge in [-0.15, -0.1) is 0 Å². The molecule has 2 aliphatic rings. The van der Waals surface area contributed by atoms with E-state index < -0.39 is 60.7 Å². The SMILES string of the molecule is CCCCC(F)(F)[C@H](O)C=C[C@@H]1[C@H]2[C@H](F)[C@@H](C=CCCC(=O)O)O[C@@H]2C[C@H]1O. The zero-order valence-corrected chi connectivity index (χ0v) is 15.9. The minimum absolute atomic E-state index is 0.0682. The number of aliphatic hydroxyl groups is 2. The maximum atomic E-state index is 14.8. The van der Waals surface area contributed by atoms with Gasteiger partial charge in [-0.05, 0) is 12.8 Å². The molecule has 0 spiro atoms. The van der Waals surface area contributed by atoms with Crippen LogP contribution in [0, 0.1) is 11.8 Å². The van der Waals surface area contributed by atoms with E-state index in [-0.39, 0.29) is 25.7 Å². The number of ether oxygens (including phenoxy) is 1. The second-order valence-electron chi connectivity index (χ2n) is 7.60. The van der Waals surface area contributed by atoms with Crippen molar-refractivity contribution < 1.29 is 38.0 Å². The summed E-state index contributed by atoms with van der Waals surface area (Å²) in [6.45, 7) is 1.78. The Kier molecular flexibility index (Phi) is 8.09. The molecule has 0 aromatic rings. The first kappa shape index (κ1) is 22.9. The molecule has 7 atom stereocenters. The lowest BCUT2D eigenvalue weighted by Gasteiger charge is -2.22. The summed E-state index contributed by atoms with van der Waals surface area (Å²) in [4.78, 5) is 10.5. The maximum absolute atomic E-state index is 14.8. The van der Waals surface area contributed by atoms with Crippen LogP contribution in [0.5, 0.6) is 0 Å². The second kappa shape index (κ2) is 9.89. The monoisotopic (exact) mass is 406 g/mol. The van der Waals surface area contributed by atoms with Crippen LogP contribution < -0.4 is 0 Å². The summed E-state index contributed by atoms with van der Waals surface area (Å²) in [5.41, 5.74) is 0. The van der Waals surface area contributed by atoms with Crippen molar-refractivity contribution in [1.82, 2.24) is 0 Å². The molecule has 28 heavy (non-hydrogen) atoms. The van der Waals surface area contributed by atoms with Crippen LogP contribution in [0.3, 0.4) is 0 Å². The topological polar surface area (TPSA) is 87.0 Å². The molecule has 1 aliphatic carbocycles. The highest BCUT2D eigenvalue weighted by Gasteiger charge is 2.54. The van der Waals surface area contributed by atoms with Crippen LogP contribution in [0.4, 0.5) is 13.2 Å². The van der Waals surface area contributed by atoms with Gasteiger partial charge < -0.3 is 20.1 Å². The Bertz CT molecular complexity index is 580. The summed E-state index contributed by atoms with van der Waals surface area (Å²) >= 11 is 0. The fourth-order valence-corrected chi connectivity index (χ4v) is 3.90. The molecule has 0 amide bonds. The largest absolute Gasteiger partial charge is 0.481 e. The molecule has 3 N–H and O–H groups in total. The quantitative estimate of drug-likeness (QED) is 0.485. The number of allylic oxidation sites excluding steroid dienone is 1. The molecule has 1 heterocycles. The lowest BCUT2D eigenvalue weighted by atomic mass is 9.88. The van der Waals surface area contributed by atoms with E-state index in [4.69, 9.17) is 9.84 Å². The summed E-state index contributed by atoms with van der Waals surface area (Å²) < 4.78 is 48.2. The second-order valence-corrected chi connectivity index (χ2v) is 7.60. The standard InChI is InChI=1S/C20H29F3O5/c1-2-3-10-20(22,23)16(25)9-8-12-13(24)11-15-18(12)19(21)14(28-15)6-4-5-7-17(26)27/h4,6,8-9,12-16,18-19,24-25H,2-3,5,7,10-11H2,1H3,(H,26,27)/t12-,13+,14+,15+,16+,18+,19+/m0/s1. The van der Waals surface area contributed by atoms with Gasteiger partial charge in [0, 0.05) is 31.1 Å². The smallest absolute Gasteiger partial charge is 0.303 e. The number of hydrogen-bond acceptors (Lipinski definition) is 4. The van der Waals surface area contributed by atoms with E-state index >= 15 is 0 Å². The molecular formula is C20H29F3O5. The number of halogens is 3. The maximum Gasteiger partial charge on any atom is 0.303 e. The lowest BCUT2D eigenvalue weighted by molar-refractivity contribution is -0.136. The fourth-order valence-electron chi connectivity index (χ4n) is 3.90. The van der Waals surface area contributed by atoms with Gasteiger partial charge in [0.2, 0.25) is 0 Å². The molecule has 2 rings (SSSR count). The van der Waals surface area contributed by atoms with Crippen molar-refractivity contribution in [2.75, 3.05) is 0 Å². The number of rotatable bonds is 10. The van der Waals surface area contributed by atoms with E-state index in [2.05, 4.69) is 0 Å². The Morgan fingerprint density at radius 1 is 1.36 bits per heavy atom. The highest BCUT2D eigenvalue weighted by Crippen LogP contribution is 2.46. The van der Waals surface area contributed by atoms with Crippen molar-refractivity contribution in [2.45, 2.75) is 82.0 Å². The predicted octanol–water partition coefficient (Wildman–Crippen LogP) is 3.25. The summed E-state index contributed by atoms with van der Waals surface area (Å²) in [5.74, 6) is -5.65. The van der Waals surface area contributed by atoms with Gasteiger partial charge in [-0.2, -0.15) is 0 Å². The molecule has 0 aromatic heterocycles. The molecular weight excluding hydrogens is 377 g/mol. The third kappa shape index (κ3) is 5.58. The highest BCUT2D eigenvalue weighted by molar-refractivity contribution is 5.66. The number of hydrogen-bond donors (Lipinski definition) is 3. The lowest BCUT2D eigenvalue weighted by Crippen LogP contribution is -2.33. The molecule has 5 nitrogen and oxygen atoms in total. The fraction of sp³-hybridized carbons (Fsp3) is 0.750. The number of aliphatic carboxylic acids is 1. The Morgan fingerprint density at radius 2 is 2.07 bits per heavy atom. The third-order valence-corrected chi connectivity index (χ3v) is 5.47. The number of alkyl halides is 3. The molecule has 160 valence electrons. The predicted molar refractivity (Wildman–Crippen MR) is 96.8 cm³/mol. The molecule has 0 unspecified atom stereocenters. The first-order valence-electron chi connectivity index (χ1n) is 9.77. The number of carboxylic acid groups (broad SMARTS) is 1. The van der Waals surface area contributed by atoms with Crippen LogP contribution in [0.25, 0.3) is 0 Å². The van der Waals surface area contributed by atoms with Gasteiger partial charge >= 0.3 is 5.97 Å². The van der Waals surface area contributed by atoms with Crippen LogP contribution >= 0.6 is 0 Å². The Morgan fingerprint density at radius 3 is 2.71 bits per heavy atom. The van der Waals surface area contributed by atoms with Gasteiger partial charge in [-0.3, -0.25) is 4.79 Å². The van der Waals surface area contributed by atoms with Crippen molar-refractivity contribution in [3.05, 3.63) is 24.3 Å². The molecule has 0 bridgehead atoms. The van der Waals surface area contributed by atoms with Crippen LogP contribution in [0.2, 0.25) is 0 Å². The summed E-state index contributed by atoms with van der Waals surface area (Å²) in [6.07, 6.45) is 0.280. The van der Waals surface area contributed by atoms with Gasteiger partial charge in [0.05, 0.1) is 12.2 Å². The van der Waals surface area contributed by atoms with Crippen molar-refractivity contribution in [1.29, 1.82) is 0 Å². The first-order valence-corrected chi connectivity index (χ1v) is 9.77. The van der Waals surface area contributed by atoms with Gasteiger partial charge in [-0.25, -0.2) is 13.2 Å². The van der Waals surface area contributed by atoms with Gasteiger partial charge in [0.25, 0.3) is 5.92 Å². The molecule has 0 aromatic carbocycles. The zero-order chi connectivity index (χ0) is 20.9. The van der Waals surface area contributed by atoms with Crippen LogP contribution in [0.15, 0.2) is 24.3 Å². The van der Waals surface area contributed by atoms with E-state index in [9.17, 15) is 28.2 Å². The molecule has 2 fully saturated rings. The number of aliphatic hydroxyl groups excluding tert-OH is 2. The summed E-state index contributed by atoms with van der Waals surface area (Å²) in [6, 6.07) is 0. The van der Waals surface area contributed by atoms with Crippen LogP contribution in [0.1, 0.15) is 45.4 Å². The highest BCUT2D eigenvalue weighted by atomic mass is 19.3. The zero-order valence-electron chi connectivity index (χ0n) is 15.9. The average Bonchev–Trinajstić information content (AvgIpc) is 3.09. The normalized spacial score (nSPS) is 34.4. The van der Waals surface area contributed by atoms with E-state index in [0.717, 1.165) is 6.08 Å². The molecule has 0 radical (unpaired) electrons. The van der Waals surface area contributed by atoms with E-state index in [0.29, 0.717) is 6.42 Å². The van der Waals surface area contributed by atoms with E-state index in [1.165, 1.54) is 12.2 Å². The number of unbranched alkanes of at least 4 members (excludes halogenated alkanes) is 1. The van der Waals surface area contributed by atoms with Crippen LogP contribution in [-0.4, -0.2) is 57.8 Å².